The minimum absolute atomic E-state index is 0.115. The van der Waals surface area contributed by atoms with Crippen molar-refractivity contribution in [1.29, 1.82) is 0 Å². The molecule has 1 amide bonds. The molecule has 3 aromatic rings. The molecule has 0 radical (unpaired) electrons. The van der Waals surface area contributed by atoms with Gasteiger partial charge in [-0.05, 0) is 11.0 Å². The van der Waals surface area contributed by atoms with Crippen molar-refractivity contribution in [2.45, 2.75) is 33.4 Å². The van der Waals surface area contributed by atoms with E-state index in [1.54, 1.807) is 0 Å². The number of amides is 1. The van der Waals surface area contributed by atoms with Crippen LogP contribution in [0.1, 0.15) is 38.2 Å². The third-order valence-electron chi connectivity index (χ3n) is 5.91. The van der Waals surface area contributed by atoms with E-state index in [0.717, 1.165) is 17.1 Å². The van der Waals surface area contributed by atoms with Gasteiger partial charge in [0.25, 0.3) is 0 Å². The number of carbonyl (C=O) groups excluding carboxylic acids is 1. The van der Waals surface area contributed by atoms with Crippen LogP contribution in [0.25, 0.3) is 11.3 Å². The van der Waals surface area contributed by atoms with E-state index in [4.69, 9.17) is 15.5 Å². The van der Waals surface area contributed by atoms with Crippen molar-refractivity contribution >= 4 is 6.09 Å². The molecule has 6 nitrogen and oxygen atoms in total. The Morgan fingerprint density at radius 3 is 2.38 bits per heavy atom. The van der Waals surface area contributed by atoms with Gasteiger partial charge in [0.15, 0.2) is 0 Å². The molecule has 1 aromatic heterocycles. The molecule has 2 aromatic carbocycles. The van der Waals surface area contributed by atoms with Crippen molar-refractivity contribution in [2.24, 2.45) is 17.1 Å². The molecule has 2 atom stereocenters. The molecule has 32 heavy (non-hydrogen) atoms. The number of cyclic esters (lactones) is 1. The Kier molecular flexibility index (Phi) is 6.33. The largest absolute Gasteiger partial charge is 0.449 e. The first-order valence-electron chi connectivity index (χ1n) is 11.2. The lowest BCUT2D eigenvalue weighted by Gasteiger charge is -2.42. The number of benzene rings is 2. The Morgan fingerprint density at radius 2 is 1.75 bits per heavy atom. The Morgan fingerprint density at radius 1 is 1.09 bits per heavy atom. The molecule has 168 valence electrons. The van der Waals surface area contributed by atoms with E-state index in [0.29, 0.717) is 26.2 Å². The zero-order valence-corrected chi connectivity index (χ0v) is 19.1. The average molecular weight is 433 g/mol. The highest BCUT2D eigenvalue weighted by Crippen LogP contribution is 2.40. The SMILES string of the molecule is CC(C)(C)[C@H](c1nc(-c2ccccc2)cn1Cc1ccccc1)N1C[C@H](CN)COC1=O. The first kappa shape index (κ1) is 22.1. The normalized spacial score (nSPS) is 17.8. The summed E-state index contributed by atoms with van der Waals surface area (Å²) in [6.45, 7) is 8.51. The first-order valence-corrected chi connectivity index (χ1v) is 11.2. The van der Waals surface area contributed by atoms with Crippen LogP contribution in [0.15, 0.2) is 66.9 Å². The predicted molar refractivity (Wildman–Crippen MR) is 126 cm³/mol. The molecular formula is C26H32N4O2. The Hall–Kier alpha value is -3.12. The van der Waals surface area contributed by atoms with Crippen LogP contribution in [0.4, 0.5) is 4.79 Å². The molecule has 0 saturated carbocycles. The van der Waals surface area contributed by atoms with Crippen LogP contribution in [0.3, 0.4) is 0 Å². The highest BCUT2D eigenvalue weighted by atomic mass is 16.6. The maximum absolute atomic E-state index is 12.9. The van der Waals surface area contributed by atoms with Crippen LogP contribution in [0, 0.1) is 11.3 Å². The van der Waals surface area contributed by atoms with Gasteiger partial charge in [-0.15, -0.1) is 0 Å². The predicted octanol–water partition coefficient (Wildman–Crippen LogP) is 4.71. The molecule has 0 spiro atoms. The molecule has 4 rings (SSSR count). The number of nitrogens with two attached hydrogens (primary N) is 1. The minimum Gasteiger partial charge on any atom is -0.449 e. The summed E-state index contributed by atoms with van der Waals surface area (Å²) in [7, 11) is 0. The van der Waals surface area contributed by atoms with Gasteiger partial charge >= 0.3 is 6.09 Å². The van der Waals surface area contributed by atoms with Crippen molar-refractivity contribution < 1.29 is 9.53 Å². The number of hydrogen-bond acceptors (Lipinski definition) is 4. The zero-order chi connectivity index (χ0) is 22.7. The summed E-state index contributed by atoms with van der Waals surface area (Å²) in [4.78, 5) is 19.8. The lowest BCUT2D eigenvalue weighted by molar-refractivity contribution is 0.000734. The molecule has 2 N–H and O–H groups in total. The van der Waals surface area contributed by atoms with Crippen LogP contribution < -0.4 is 5.73 Å². The summed E-state index contributed by atoms with van der Waals surface area (Å²) >= 11 is 0. The molecule has 6 heteroatoms. The highest BCUT2D eigenvalue weighted by Gasteiger charge is 2.41. The number of imidazole rings is 1. The van der Waals surface area contributed by atoms with Gasteiger partial charge < -0.3 is 15.0 Å². The van der Waals surface area contributed by atoms with Gasteiger partial charge in [0.05, 0.1) is 18.3 Å². The van der Waals surface area contributed by atoms with Gasteiger partial charge in [-0.25, -0.2) is 9.78 Å². The first-order chi connectivity index (χ1) is 15.4. The molecule has 0 aliphatic carbocycles. The van der Waals surface area contributed by atoms with E-state index in [-0.39, 0.29) is 23.5 Å². The van der Waals surface area contributed by atoms with E-state index < -0.39 is 0 Å². The lowest BCUT2D eigenvalue weighted by atomic mass is 9.84. The summed E-state index contributed by atoms with van der Waals surface area (Å²) in [5.41, 5.74) is 8.80. The Bertz CT molecular complexity index is 1040. The molecule has 1 aliphatic heterocycles. The van der Waals surface area contributed by atoms with Crippen LogP contribution in [0.5, 0.6) is 0 Å². The lowest BCUT2D eigenvalue weighted by Crippen LogP contribution is -2.50. The second-order valence-electron chi connectivity index (χ2n) is 9.56. The van der Waals surface area contributed by atoms with Gasteiger partial charge in [-0.1, -0.05) is 81.4 Å². The summed E-state index contributed by atoms with van der Waals surface area (Å²) in [6.07, 6.45) is 1.79. The van der Waals surface area contributed by atoms with Gasteiger partial charge in [0.1, 0.15) is 5.82 Å². The second-order valence-corrected chi connectivity index (χ2v) is 9.56. The Labute approximate surface area is 190 Å². The maximum atomic E-state index is 12.9. The minimum atomic E-state index is -0.301. The summed E-state index contributed by atoms with van der Waals surface area (Å²) < 4.78 is 7.68. The third-order valence-corrected chi connectivity index (χ3v) is 5.91. The van der Waals surface area contributed by atoms with Crippen LogP contribution in [0.2, 0.25) is 0 Å². The molecule has 0 bridgehead atoms. The van der Waals surface area contributed by atoms with Crippen molar-refractivity contribution in [3.8, 4) is 11.3 Å². The fourth-order valence-corrected chi connectivity index (χ4v) is 4.33. The number of ether oxygens (including phenoxy) is 1. The molecule has 1 aliphatic rings. The zero-order valence-electron chi connectivity index (χ0n) is 19.1. The molecule has 0 unspecified atom stereocenters. The van der Waals surface area contributed by atoms with Gasteiger partial charge in [-0.3, -0.25) is 4.90 Å². The van der Waals surface area contributed by atoms with Crippen LogP contribution in [-0.4, -0.2) is 40.2 Å². The molecule has 1 fully saturated rings. The highest BCUT2D eigenvalue weighted by molar-refractivity contribution is 5.69. The van der Waals surface area contributed by atoms with E-state index in [1.165, 1.54) is 5.56 Å². The quantitative estimate of drug-likeness (QED) is 0.612. The number of nitrogens with zero attached hydrogens (tertiary/aromatic N) is 3. The Balaban J connectivity index is 1.81. The van der Waals surface area contributed by atoms with Gasteiger partial charge in [0, 0.05) is 37.3 Å². The molecule has 1 saturated heterocycles. The molecular weight excluding hydrogens is 400 g/mol. The fourth-order valence-electron chi connectivity index (χ4n) is 4.33. The maximum Gasteiger partial charge on any atom is 0.410 e. The summed E-state index contributed by atoms with van der Waals surface area (Å²) in [5, 5.41) is 0. The third kappa shape index (κ3) is 4.70. The monoisotopic (exact) mass is 432 g/mol. The number of aromatic nitrogens is 2. The number of rotatable bonds is 6. The number of carbonyl (C=O) groups is 1. The van der Waals surface area contributed by atoms with Gasteiger partial charge in [0.2, 0.25) is 0 Å². The van der Waals surface area contributed by atoms with Crippen molar-refractivity contribution in [3.05, 3.63) is 78.2 Å². The molecule has 2 heterocycles. The second kappa shape index (κ2) is 9.17. The smallest absolute Gasteiger partial charge is 0.410 e. The average Bonchev–Trinajstić information content (AvgIpc) is 3.18. The fraction of sp³-hybridized carbons (Fsp3) is 0.385. The van der Waals surface area contributed by atoms with E-state index in [9.17, 15) is 4.79 Å². The van der Waals surface area contributed by atoms with Gasteiger partial charge in [-0.2, -0.15) is 0 Å². The van der Waals surface area contributed by atoms with E-state index in [1.807, 2.05) is 41.3 Å². The van der Waals surface area contributed by atoms with Crippen LogP contribution in [-0.2, 0) is 11.3 Å². The van der Waals surface area contributed by atoms with E-state index >= 15 is 0 Å². The topological polar surface area (TPSA) is 73.4 Å². The summed E-state index contributed by atoms with van der Waals surface area (Å²) in [6, 6.07) is 20.2. The standard InChI is InChI=1S/C26H32N4O2/c1-26(2,3)23(30-16-20(14-27)18-32-25(30)31)24-28-22(21-12-8-5-9-13-21)17-29(24)15-19-10-6-4-7-11-19/h4-13,17,20,23H,14-16,18,27H2,1-3H3/t20-,23-/m0/s1. The number of hydrogen-bond donors (Lipinski definition) is 1. The van der Waals surface area contributed by atoms with Crippen molar-refractivity contribution in [1.82, 2.24) is 14.5 Å². The van der Waals surface area contributed by atoms with Crippen molar-refractivity contribution in [3.63, 3.8) is 0 Å². The van der Waals surface area contributed by atoms with E-state index in [2.05, 4.69) is 55.8 Å². The summed E-state index contributed by atoms with van der Waals surface area (Å²) in [5.74, 6) is 0.971. The van der Waals surface area contributed by atoms with Crippen molar-refractivity contribution in [2.75, 3.05) is 19.7 Å². The van der Waals surface area contributed by atoms with Crippen LogP contribution >= 0.6 is 0 Å².